The lowest BCUT2D eigenvalue weighted by atomic mass is 9.82. The van der Waals surface area contributed by atoms with Gasteiger partial charge < -0.3 is 0 Å². The number of rotatable bonds is 3. The van der Waals surface area contributed by atoms with Crippen LogP contribution in [0.5, 0.6) is 0 Å². The van der Waals surface area contributed by atoms with E-state index in [0.717, 1.165) is 33.2 Å². The van der Waals surface area contributed by atoms with E-state index in [1.54, 1.807) is 0 Å². The zero-order valence-corrected chi connectivity index (χ0v) is 28.9. The summed E-state index contributed by atoms with van der Waals surface area (Å²) in [4.78, 5) is 10.8. The molecule has 0 saturated heterocycles. The van der Waals surface area contributed by atoms with Crippen molar-refractivity contribution >= 4 is 54.3 Å². The van der Waals surface area contributed by atoms with Gasteiger partial charge in [0, 0.05) is 27.1 Å². The highest BCUT2D eigenvalue weighted by Crippen LogP contribution is 2.49. The van der Waals surface area contributed by atoms with Gasteiger partial charge in [-0.05, 0) is 97.4 Å². The maximum Gasteiger partial charge on any atom is 0.235 e. The molecule has 3 heteroatoms. The number of fused-ring (bicyclic) bond motifs is 9. The summed E-state index contributed by atoms with van der Waals surface area (Å²) in [6.45, 7) is 4.65. The molecule has 0 N–H and O–H groups in total. The Bertz CT molecular complexity index is 3110. The normalized spacial score (nSPS) is 13.3. The van der Waals surface area contributed by atoms with Gasteiger partial charge in [0.15, 0.2) is 0 Å². The van der Waals surface area contributed by atoms with E-state index in [0.29, 0.717) is 5.95 Å². The molecule has 2 aromatic heterocycles. The van der Waals surface area contributed by atoms with Crippen molar-refractivity contribution in [1.82, 2.24) is 14.5 Å². The van der Waals surface area contributed by atoms with Crippen LogP contribution in [0, 0.1) is 0 Å². The Morgan fingerprint density at radius 1 is 0.423 bits per heavy atom. The summed E-state index contributed by atoms with van der Waals surface area (Å²) >= 11 is 0. The lowest BCUT2D eigenvalue weighted by Gasteiger charge is -2.21. The first-order valence-electron chi connectivity index (χ1n) is 18.0. The molecule has 11 rings (SSSR count). The summed E-state index contributed by atoms with van der Waals surface area (Å²) in [5.74, 6) is 0.670. The third-order valence-electron chi connectivity index (χ3n) is 11.4. The fourth-order valence-corrected chi connectivity index (χ4v) is 8.72. The van der Waals surface area contributed by atoms with E-state index < -0.39 is 0 Å². The zero-order chi connectivity index (χ0) is 34.6. The van der Waals surface area contributed by atoms with Gasteiger partial charge in [0.25, 0.3) is 0 Å². The third-order valence-corrected chi connectivity index (χ3v) is 11.4. The fourth-order valence-electron chi connectivity index (χ4n) is 8.72. The van der Waals surface area contributed by atoms with Crippen molar-refractivity contribution in [1.29, 1.82) is 0 Å². The van der Waals surface area contributed by atoms with Crippen LogP contribution in [0.1, 0.15) is 25.0 Å². The van der Waals surface area contributed by atoms with Gasteiger partial charge in [-0.3, -0.25) is 4.57 Å². The standard InChI is InChI=1S/C49H33N3/c1-49(2)42-17-9-7-15-37(42)39-28-36(21-23-43(39)49)47-38-16-8-10-18-44(38)50-48(51-47)52-45-24-22-35(34-20-19-30-11-3-4-12-31(30)25-34)27-40(45)41-26-32-13-5-6-14-33(32)29-46(41)52/h3-29H,1-2H3. The van der Waals surface area contributed by atoms with Gasteiger partial charge in [-0.25, -0.2) is 9.97 Å². The van der Waals surface area contributed by atoms with Gasteiger partial charge in [0.2, 0.25) is 5.95 Å². The molecule has 244 valence electrons. The van der Waals surface area contributed by atoms with Crippen LogP contribution in [0.15, 0.2) is 164 Å². The second-order valence-electron chi connectivity index (χ2n) is 14.7. The first-order chi connectivity index (χ1) is 25.5. The number of para-hydroxylation sites is 1. The van der Waals surface area contributed by atoms with Crippen LogP contribution in [0.3, 0.4) is 0 Å². The summed E-state index contributed by atoms with van der Waals surface area (Å²) in [5, 5.41) is 8.30. The van der Waals surface area contributed by atoms with E-state index in [4.69, 9.17) is 9.97 Å². The molecule has 2 heterocycles. The largest absolute Gasteiger partial charge is 0.278 e. The van der Waals surface area contributed by atoms with E-state index in [2.05, 4.69) is 182 Å². The molecule has 1 aliphatic carbocycles. The summed E-state index contributed by atoms with van der Waals surface area (Å²) in [6.07, 6.45) is 0. The molecule has 0 atom stereocenters. The van der Waals surface area contributed by atoms with E-state index in [1.165, 1.54) is 65.7 Å². The average Bonchev–Trinajstić information content (AvgIpc) is 3.63. The third kappa shape index (κ3) is 4.20. The van der Waals surface area contributed by atoms with E-state index in [-0.39, 0.29) is 5.41 Å². The molecule has 0 spiro atoms. The number of benzene rings is 8. The summed E-state index contributed by atoms with van der Waals surface area (Å²) in [7, 11) is 0. The van der Waals surface area contributed by atoms with Crippen molar-refractivity contribution in [3.63, 3.8) is 0 Å². The fraction of sp³-hybridized carbons (Fsp3) is 0.0612. The van der Waals surface area contributed by atoms with Crippen molar-refractivity contribution in [3.05, 3.63) is 175 Å². The lowest BCUT2D eigenvalue weighted by Crippen LogP contribution is -2.14. The molecule has 8 aromatic carbocycles. The molecular formula is C49H33N3. The summed E-state index contributed by atoms with van der Waals surface area (Å²) < 4.78 is 2.27. The highest BCUT2D eigenvalue weighted by molar-refractivity contribution is 6.14. The second kappa shape index (κ2) is 10.7. The highest BCUT2D eigenvalue weighted by Gasteiger charge is 2.35. The van der Waals surface area contributed by atoms with Crippen LogP contribution >= 0.6 is 0 Å². The zero-order valence-electron chi connectivity index (χ0n) is 28.9. The number of hydrogen-bond acceptors (Lipinski definition) is 2. The molecular weight excluding hydrogens is 631 g/mol. The van der Waals surface area contributed by atoms with Crippen LogP contribution in [0.2, 0.25) is 0 Å². The highest BCUT2D eigenvalue weighted by atomic mass is 15.2. The van der Waals surface area contributed by atoms with E-state index in [9.17, 15) is 0 Å². The summed E-state index contributed by atoms with van der Waals surface area (Å²) in [5.41, 5.74) is 12.8. The Labute approximate surface area is 301 Å². The molecule has 0 unspecified atom stereocenters. The van der Waals surface area contributed by atoms with Gasteiger partial charge in [-0.1, -0.05) is 135 Å². The molecule has 3 nitrogen and oxygen atoms in total. The molecule has 1 aliphatic rings. The average molecular weight is 664 g/mol. The quantitative estimate of drug-likeness (QED) is 0.188. The molecule has 0 amide bonds. The molecule has 10 aromatic rings. The van der Waals surface area contributed by atoms with Crippen LogP contribution < -0.4 is 0 Å². The predicted octanol–water partition coefficient (Wildman–Crippen LogP) is 12.7. The molecule has 0 saturated carbocycles. The topological polar surface area (TPSA) is 30.7 Å². The Morgan fingerprint density at radius 2 is 1.06 bits per heavy atom. The van der Waals surface area contributed by atoms with Crippen molar-refractivity contribution in [2.75, 3.05) is 0 Å². The van der Waals surface area contributed by atoms with E-state index >= 15 is 0 Å². The minimum absolute atomic E-state index is 0.0548. The number of hydrogen-bond donors (Lipinski definition) is 0. The van der Waals surface area contributed by atoms with Gasteiger partial charge in [0.05, 0.1) is 22.2 Å². The monoisotopic (exact) mass is 663 g/mol. The van der Waals surface area contributed by atoms with Crippen molar-refractivity contribution < 1.29 is 0 Å². The minimum Gasteiger partial charge on any atom is -0.278 e. The van der Waals surface area contributed by atoms with E-state index in [1.807, 2.05) is 0 Å². The summed E-state index contributed by atoms with van der Waals surface area (Å²) in [6, 6.07) is 59.5. The van der Waals surface area contributed by atoms with Crippen LogP contribution in [-0.4, -0.2) is 14.5 Å². The molecule has 52 heavy (non-hydrogen) atoms. The van der Waals surface area contributed by atoms with Gasteiger partial charge in [-0.2, -0.15) is 0 Å². The van der Waals surface area contributed by atoms with Crippen LogP contribution in [0.4, 0.5) is 0 Å². The number of aromatic nitrogens is 3. The second-order valence-corrected chi connectivity index (χ2v) is 14.7. The SMILES string of the molecule is CC1(C)c2ccccc2-c2cc(-c3nc(-n4c5ccc(-c6ccc7ccccc7c6)cc5c5cc6ccccc6cc54)nc4ccccc34)ccc21. The Kier molecular flexibility index (Phi) is 6.01. The van der Waals surface area contributed by atoms with Gasteiger partial charge in [-0.15, -0.1) is 0 Å². The number of nitrogens with zero attached hydrogens (tertiary/aromatic N) is 3. The Balaban J connectivity index is 1.17. The maximum atomic E-state index is 5.48. The van der Waals surface area contributed by atoms with Crippen molar-refractivity contribution in [2.45, 2.75) is 19.3 Å². The predicted molar refractivity (Wildman–Crippen MR) is 217 cm³/mol. The lowest BCUT2D eigenvalue weighted by molar-refractivity contribution is 0.660. The first-order valence-corrected chi connectivity index (χ1v) is 18.0. The molecule has 0 bridgehead atoms. The Morgan fingerprint density at radius 3 is 1.92 bits per heavy atom. The molecule has 0 fully saturated rings. The maximum absolute atomic E-state index is 5.48. The molecule has 0 aliphatic heterocycles. The Hall–Kier alpha value is -6.58. The molecule has 0 radical (unpaired) electrons. The van der Waals surface area contributed by atoms with Gasteiger partial charge in [0.1, 0.15) is 0 Å². The van der Waals surface area contributed by atoms with Crippen LogP contribution in [-0.2, 0) is 5.41 Å². The smallest absolute Gasteiger partial charge is 0.235 e. The van der Waals surface area contributed by atoms with Crippen LogP contribution in [0.25, 0.3) is 93.7 Å². The van der Waals surface area contributed by atoms with Gasteiger partial charge >= 0.3 is 0 Å². The minimum atomic E-state index is -0.0548. The van der Waals surface area contributed by atoms with Crippen molar-refractivity contribution in [2.24, 2.45) is 0 Å². The first kappa shape index (κ1) is 29.2. The van der Waals surface area contributed by atoms with Crippen molar-refractivity contribution in [3.8, 4) is 39.5 Å².